The molecule has 0 saturated carbocycles. The zero-order chi connectivity index (χ0) is 21.3. The lowest BCUT2D eigenvalue weighted by Gasteiger charge is -2.11. The lowest BCUT2D eigenvalue weighted by molar-refractivity contribution is 0.0601. The molecule has 1 amide bonds. The molecule has 0 radical (unpaired) electrons. The maximum absolute atomic E-state index is 13.3. The molecule has 30 heavy (non-hydrogen) atoms. The van der Waals surface area contributed by atoms with Crippen LogP contribution in [0.5, 0.6) is 0 Å². The molecule has 5 nitrogen and oxygen atoms in total. The molecule has 0 bridgehead atoms. The number of carbonyl (C=O) groups is 2. The van der Waals surface area contributed by atoms with Gasteiger partial charge in [-0.25, -0.2) is 9.78 Å². The minimum Gasteiger partial charge on any atom is -0.465 e. The minimum atomic E-state index is -0.461. The number of aromatic nitrogens is 1. The van der Waals surface area contributed by atoms with E-state index in [1.807, 2.05) is 68.4 Å². The number of rotatable bonds is 4. The van der Waals surface area contributed by atoms with Gasteiger partial charge in [0.15, 0.2) is 0 Å². The quantitative estimate of drug-likeness (QED) is 0.439. The van der Waals surface area contributed by atoms with Crippen molar-refractivity contribution in [1.29, 1.82) is 0 Å². The van der Waals surface area contributed by atoms with E-state index in [9.17, 15) is 9.59 Å². The Morgan fingerprint density at radius 2 is 1.70 bits per heavy atom. The molecule has 2 aromatic carbocycles. The first kappa shape index (κ1) is 19.8. The molecular formula is C24H20N2O3S. The fourth-order valence-corrected chi connectivity index (χ4v) is 4.40. The number of nitrogens with zero attached hydrogens (tertiary/aromatic N) is 1. The lowest BCUT2D eigenvalue weighted by Crippen LogP contribution is -2.15. The van der Waals surface area contributed by atoms with Crippen LogP contribution in [0.3, 0.4) is 0 Å². The second-order valence-electron chi connectivity index (χ2n) is 6.87. The molecule has 4 aromatic rings. The van der Waals surface area contributed by atoms with Gasteiger partial charge in [-0.2, -0.15) is 0 Å². The summed E-state index contributed by atoms with van der Waals surface area (Å²) in [6, 6.07) is 19.1. The van der Waals surface area contributed by atoms with Crippen molar-refractivity contribution in [2.45, 2.75) is 13.8 Å². The first-order chi connectivity index (χ1) is 14.5. The van der Waals surface area contributed by atoms with Crippen LogP contribution in [0.15, 0.2) is 60.7 Å². The van der Waals surface area contributed by atoms with Crippen LogP contribution >= 0.6 is 11.3 Å². The SMILES string of the molecule is COC(=O)c1c(NC(=O)c2cc(-c3ccccc3)nc3ccccc23)sc(C)c1C. The van der Waals surface area contributed by atoms with Crippen LogP contribution in [0.4, 0.5) is 5.00 Å². The van der Waals surface area contributed by atoms with Crippen molar-refractivity contribution in [3.8, 4) is 11.3 Å². The highest BCUT2D eigenvalue weighted by Gasteiger charge is 2.23. The van der Waals surface area contributed by atoms with Gasteiger partial charge in [0.1, 0.15) is 5.00 Å². The summed E-state index contributed by atoms with van der Waals surface area (Å²) in [4.78, 5) is 31.2. The number of esters is 1. The van der Waals surface area contributed by atoms with Gasteiger partial charge in [0.25, 0.3) is 5.91 Å². The first-order valence-corrected chi connectivity index (χ1v) is 10.3. The molecule has 0 fully saturated rings. The van der Waals surface area contributed by atoms with Gasteiger partial charge in [-0.3, -0.25) is 4.79 Å². The highest BCUT2D eigenvalue weighted by Crippen LogP contribution is 2.34. The summed E-state index contributed by atoms with van der Waals surface area (Å²) < 4.78 is 4.91. The highest BCUT2D eigenvalue weighted by molar-refractivity contribution is 7.16. The number of pyridine rings is 1. The number of benzene rings is 2. The van der Waals surface area contributed by atoms with E-state index in [1.165, 1.54) is 18.4 Å². The highest BCUT2D eigenvalue weighted by atomic mass is 32.1. The predicted molar refractivity (Wildman–Crippen MR) is 120 cm³/mol. The largest absolute Gasteiger partial charge is 0.465 e. The third-order valence-corrected chi connectivity index (χ3v) is 6.15. The van der Waals surface area contributed by atoms with Gasteiger partial charge < -0.3 is 10.1 Å². The Morgan fingerprint density at radius 1 is 1.00 bits per heavy atom. The number of hydrogen-bond donors (Lipinski definition) is 1. The average Bonchev–Trinajstić information content (AvgIpc) is 3.05. The van der Waals surface area contributed by atoms with Crippen molar-refractivity contribution in [3.05, 3.63) is 82.2 Å². The number of fused-ring (bicyclic) bond motifs is 1. The van der Waals surface area contributed by atoms with E-state index in [-0.39, 0.29) is 5.91 Å². The normalized spacial score (nSPS) is 10.8. The van der Waals surface area contributed by atoms with Crippen LogP contribution < -0.4 is 5.32 Å². The molecule has 0 aliphatic heterocycles. The monoisotopic (exact) mass is 416 g/mol. The van der Waals surface area contributed by atoms with Crippen molar-refractivity contribution in [2.24, 2.45) is 0 Å². The average molecular weight is 417 g/mol. The maximum atomic E-state index is 13.3. The molecule has 0 saturated heterocycles. The van der Waals surface area contributed by atoms with Gasteiger partial charge in [-0.05, 0) is 31.5 Å². The molecule has 2 aromatic heterocycles. The molecular weight excluding hydrogens is 396 g/mol. The molecule has 0 atom stereocenters. The van der Waals surface area contributed by atoms with Gasteiger partial charge in [0.05, 0.1) is 29.4 Å². The summed E-state index contributed by atoms with van der Waals surface area (Å²) in [6.45, 7) is 3.76. The molecule has 0 spiro atoms. The second-order valence-corrected chi connectivity index (χ2v) is 8.10. The lowest BCUT2D eigenvalue weighted by atomic mass is 10.0. The van der Waals surface area contributed by atoms with E-state index in [2.05, 4.69) is 5.32 Å². The van der Waals surface area contributed by atoms with Crippen molar-refractivity contribution < 1.29 is 14.3 Å². The summed E-state index contributed by atoms with van der Waals surface area (Å²) in [5, 5.41) is 4.16. The molecule has 0 aliphatic rings. The number of amides is 1. The summed E-state index contributed by atoms with van der Waals surface area (Å²) in [5.41, 5.74) is 4.08. The van der Waals surface area contributed by atoms with Gasteiger partial charge in [0.2, 0.25) is 0 Å². The second kappa shape index (κ2) is 8.08. The molecule has 2 heterocycles. The molecule has 150 valence electrons. The fraction of sp³-hybridized carbons (Fsp3) is 0.125. The Labute approximate surface area is 178 Å². The van der Waals surface area contributed by atoms with E-state index in [1.54, 1.807) is 6.07 Å². The minimum absolute atomic E-state index is 0.294. The summed E-state index contributed by atoms with van der Waals surface area (Å²) in [7, 11) is 1.34. The van der Waals surface area contributed by atoms with Crippen molar-refractivity contribution in [3.63, 3.8) is 0 Å². The molecule has 6 heteroatoms. The van der Waals surface area contributed by atoms with Crippen LogP contribution in [0.1, 0.15) is 31.2 Å². The van der Waals surface area contributed by atoms with Crippen LogP contribution in [0.2, 0.25) is 0 Å². The first-order valence-electron chi connectivity index (χ1n) is 9.44. The Bertz CT molecular complexity index is 1260. The molecule has 0 aliphatic carbocycles. The smallest absolute Gasteiger partial charge is 0.341 e. The maximum Gasteiger partial charge on any atom is 0.341 e. The van der Waals surface area contributed by atoms with E-state index in [0.717, 1.165) is 26.9 Å². The number of hydrogen-bond acceptors (Lipinski definition) is 5. The Kier molecular flexibility index (Phi) is 5.33. The Hall–Kier alpha value is -3.51. The number of thiophene rings is 1. The van der Waals surface area contributed by atoms with Crippen LogP contribution in [0.25, 0.3) is 22.2 Å². The third kappa shape index (κ3) is 3.57. The number of methoxy groups -OCH3 is 1. The van der Waals surface area contributed by atoms with Crippen LogP contribution in [-0.4, -0.2) is 24.0 Å². The van der Waals surface area contributed by atoms with Gasteiger partial charge >= 0.3 is 5.97 Å². The van der Waals surface area contributed by atoms with Crippen LogP contribution in [0, 0.1) is 13.8 Å². The zero-order valence-electron chi connectivity index (χ0n) is 16.9. The van der Waals surface area contributed by atoms with Crippen molar-refractivity contribution in [1.82, 2.24) is 4.98 Å². The predicted octanol–water partition coefficient (Wildman–Crippen LogP) is 5.62. The van der Waals surface area contributed by atoms with Crippen molar-refractivity contribution >= 4 is 39.1 Å². The number of para-hydroxylation sites is 1. The molecule has 0 unspecified atom stereocenters. The molecule has 4 rings (SSSR count). The van der Waals surface area contributed by atoms with E-state index in [4.69, 9.17) is 9.72 Å². The summed E-state index contributed by atoms with van der Waals surface area (Å²) in [6.07, 6.45) is 0. The van der Waals surface area contributed by atoms with Crippen LogP contribution in [-0.2, 0) is 4.74 Å². The zero-order valence-corrected chi connectivity index (χ0v) is 17.7. The summed E-state index contributed by atoms with van der Waals surface area (Å²) >= 11 is 1.37. The number of ether oxygens (including phenoxy) is 1. The fourth-order valence-electron chi connectivity index (χ4n) is 3.35. The Balaban J connectivity index is 1.81. The topological polar surface area (TPSA) is 68.3 Å². The number of aryl methyl sites for hydroxylation is 1. The number of anilines is 1. The van der Waals surface area contributed by atoms with Gasteiger partial charge in [0, 0.05) is 15.8 Å². The van der Waals surface area contributed by atoms with E-state index in [0.29, 0.717) is 21.8 Å². The van der Waals surface area contributed by atoms with Gasteiger partial charge in [-0.15, -0.1) is 11.3 Å². The summed E-state index contributed by atoms with van der Waals surface area (Å²) in [5.74, 6) is -0.756. The Morgan fingerprint density at radius 3 is 2.43 bits per heavy atom. The standard InChI is InChI=1S/C24H20N2O3S/c1-14-15(2)30-23(21(14)24(28)29-3)26-22(27)18-13-20(16-9-5-4-6-10-16)25-19-12-8-7-11-17(18)19/h4-13H,1-3H3,(H,26,27). The number of nitrogens with one attached hydrogen (secondary N) is 1. The molecule has 1 N–H and O–H groups in total. The van der Waals surface area contributed by atoms with E-state index < -0.39 is 5.97 Å². The van der Waals surface area contributed by atoms with E-state index >= 15 is 0 Å². The number of carbonyl (C=O) groups excluding carboxylic acids is 2. The van der Waals surface area contributed by atoms with Crippen molar-refractivity contribution in [2.75, 3.05) is 12.4 Å². The van der Waals surface area contributed by atoms with Gasteiger partial charge in [-0.1, -0.05) is 48.5 Å². The third-order valence-electron chi connectivity index (χ3n) is 5.03.